The van der Waals surface area contributed by atoms with Crippen LogP contribution in [0.15, 0.2) is 42.5 Å². The Morgan fingerprint density at radius 3 is 1.71 bits per heavy atom. The van der Waals surface area contributed by atoms with Crippen molar-refractivity contribution < 1.29 is 54.8 Å². The van der Waals surface area contributed by atoms with Gasteiger partial charge in [0.25, 0.3) is 0 Å². The second-order valence-corrected chi connectivity index (χ2v) is 11.0. The summed E-state index contributed by atoms with van der Waals surface area (Å²) in [5.74, 6) is -3.10. The number of aromatic nitrogens is 1. The lowest BCUT2D eigenvalue weighted by Crippen LogP contribution is -2.36. The molecule has 0 atom stereocenters. The van der Waals surface area contributed by atoms with Gasteiger partial charge in [-0.05, 0) is 62.6 Å². The summed E-state index contributed by atoms with van der Waals surface area (Å²) in [5, 5.41) is 5.55. The number of ether oxygens (including phenoxy) is 1. The fourth-order valence-corrected chi connectivity index (χ4v) is 4.53. The number of pyridine rings is 1. The molecule has 0 saturated heterocycles. The Bertz CT molecular complexity index is 1440. The summed E-state index contributed by atoms with van der Waals surface area (Å²) >= 11 is 0. The number of nitrogens with zero attached hydrogens (tertiary/aromatic N) is 3. The molecule has 0 bridgehead atoms. The molecular weight excluding hydrogens is 648 g/mol. The summed E-state index contributed by atoms with van der Waals surface area (Å²) in [6, 6.07) is 15.7. The number of amides is 1. The number of nitrogens with two attached hydrogens (primary N) is 1. The number of aryl methyl sites for hydroxylation is 1. The van der Waals surface area contributed by atoms with Crippen LogP contribution in [0.1, 0.15) is 44.9 Å². The Labute approximate surface area is 274 Å². The number of carbonyl (C=O) groups is 2. The molecule has 0 radical (unpaired) electrons. The number of benzene rings is 2. The molecular formula is C32H42F6N5O5+. The number of halogens is 6. The van der Waals surface area contributed by atoms with Crippen LogP contribution in [0.25, 0.3) is 21.8 Å². The maximum atomic E-state index is 12.1. The molecule has 0 aliphatic rings. The molecule has 266 valence electrons. The second-order valence-electron chi connectivity index (χ2n) is 11.0. The third-order valence-electron chi connectivity index (χ3n) is 6.88. The Kier molecular flexibility index (Phi) is 17.4. The van der Waals surface area contributed by atoms with Gasteiger partial charge in [-0.2, -0.15) is 27.3 Å². The van der Waals surface area contributed by atoms with Gasteiger partial charge in [-0.1, -0.05) is 6.42 Å². The SMILES string of the molecule is CN(C)c1ccc2cc3ccc(N(C)C)cc3[n+](CCCCCC(=O)NCCCCCN)c2c1.O=C(OC(F)(F)F)C(F)(F)F.O=C=O. The van der Waals surface area contributed by atoms with Crippen LogP contribution in [0.4, 0.5) is 37.7 Å². The van der Waals surface area contributed by atoms with Gasteiger partial charge >= 0.3 is 24.7 Å². The number of hydrogen-bond donors (Lipinski definition) is 2. The van der Waals surface area contributed by atoms with E-state index < -0.39 is 18.5 Å². The molecule has 1 aromatic heterocycles. The van der Waals surface area contributed by atoms with E-state index >= 15 is 0 Å². The summed E-state index contributed by atoms with van der Waals surface area (Å²) in [4.78, 5) is 42.1. The van der Waals surface area contributed by atoms with E-state index in [1.165, 1.54) is 33.2 Å². The van der Waals surface area contributed by atoms with Crippen LogP contribution in [0, 0.1) is 0 Å². The number of nitrogens with one attached hydrogen (secondary N) is 1. The van der Waals surface area contributed by atoms with Gasteiger partial charge in [0, 0.05) is 81.9 Å². The van der Waals surface area contributed by atoms with Gasteiger partial charge in [-0.3, -0.25) is 4.79 Å². The Morgan fingerprint density at radius 1 is 0.792 bits per heavy atom. The van der Waals surface area contributed by atoms with Crippen LogP contribution in [-0.2, 0) is 30.5 Å². The Morgan fingerprint density at radius 2 is 1.29 bits per heavy atom. The predicted molar refractivity (Wildman–Crippen MR) is 168 cm³/mol. The first kappa shape index (κ1) is 41.6. The van der Waals surface area contributed by atoms with Gasteiger partial charge in [0.1, 0.15) is 6.54 Å². The van der Waals surface area contributed by atoms with Gasteiger partial charge in [-0.25, -0.2) is 4.79 Å². The molecule has 0 saturated carbocycles. The van der Waals surface area contributed by atoms with E-state index in [0.717, 1.165) is 58.2 Å². The molecule has 10 nitrogen and oxygen atoms in total. The fraction of sp³-hybridized carbons (Fsp3) is 0.500. The molecule has 3 rings (SSSR count). The first-order valence-corrected chi connectivity index (χ1v) is 15.0. The van der Waals surface area contributed by atoms with Gasteiger partial charge in [0.05, 0.1) is 0 Å². The van der Waals surface area contributed by atoms with Crippen molar-refractivity contribution in [3.63, 3.8) is 0 Å². The number of anilines is 2. The monoisotopic (exact) mass is 690 g/mol. The molecule has 2 aromatic carbocycles. The molecule has 0 aliphatic carbocycles. The highest BCUT2D eigenvalue weighted by Crippen LogP contribution is 2.26. The molecule has 0 fully saturated rings. The molecule has 48 heavy (non-hydrogen) atoms. The van der Waals surface area contributed by atoms with Crippen molar-refractivity contribution in [1.29, 1.82) is 0 Å². The lowest BCUT2D eigenvalue weighted by Gasteiger charge is -2.15. The van der Waals surface area contributed by atoms with E-state index in [1.54, 1.807) is 0 Å². The lowest BCUT2D eigenvalue weighted by atomic mass is 10.1. The highest BCUT2D eigenvalue weighted by atomic mass is 19.4. The number of unbranched alkanes of at least 4 members (excludes halogenated alkanes) is 4. The molecule has 16 heteroatoms. The van der Waals surface area contributed by atoms with Crippen molar-refractivity contribution >= 4 is 51.2 Å². The van der Waals surface area contributed by atoms with E-state index in [9.17, 15) is 35.9 Å². The average Bonchev–Trinajstić information content (AvgIpc) is 2.99. The number of hydrogen-bond acceptors (Lipinski definition) is 8. The van der Waals surface area contributed by atoms with E-state index in [2.05, 4.69) is 90.3 Å². The van der Waals surface area contributed by atoms with Gasteiger partial charge in [0.15, 0.2) is 0 Å². The Balaban J connectivity index is 0.000000693. The molecule has 0 aliphatic heterocycles. The van der Waals surface area contributed by atoms with E-state index in [1.807, 2.05) is 4.74 Å². The zero-order chi connectivity index (χ0) is 36.5. The van der Waals surface area contributed by atoms with Crippen LogP contribution in [-0.4, -0.2) is 71.8 Å². The maximum absolute atomic E-state index is 12.1. The smallest absolute Gasteiger partial charge is 0.377 e. The number of carbonyl (C=O) groups excluding carboxylic acids is 4. The summed E-state index contributed by atoms with van der Waals surface area (Å²) in [6.45, 7) is 2.42. The van der Waals surface area contributed by atoms with Crippen LogP contribution in [0.3, 0.4) is 0 Å². The number of fused-ring (bicyclic) bond motifs is 2. The van der Waals surface area contributed by atoms with Crippen molar-refractivity contribution in [2.45, 2.75) is 64.0 Å². The largest absolute Gasteiger partial charge is 0.575 e. The fourth-order valence-electron chi connectivity index (χ4n) is 4.53. The second kappa shape index (κ2) is 20.1. The highest BCUT2D eigenvalue weighted by Gasteiger charge is 2.48. The minimum Gasteiger partial charge on any atom is -0.377 e. The molecule has 1 amide bonds. The van der Waals surface area contributed by atoms with Gasteiger partial charge < -0.3 is 25.6 Å². The van der Waals surface area contributed by atoms with E-state index in [0.29, 0.717) is 6.42 Å². The first-order valence-electron chi connectivity index (χ1n) is 15.0. The molecule has 1 heterocycles. The zero-order valence-electron chi connectivity index (χ0n) is 27.3. The van der Waals surface area contributed by atoms with E-state index in [4.69, 9.17) is 15.3 Å². The molecule has 0 spiro atoms. The zero-order valence-corrected chi connectivity index (χ0v) is 27.3. The van der Waals surface area contributed by atoms with Crippen molar-refractivity contribution in [2.24, 2.45) is 5.73 Å². The maximum Gasteiger partial charge on any atom is 0.575 e. The summed E-state index contributed by atoms with van der Waals surface area (Å²) in [5.41, 5.74) is 10.4. The summed E-state index contributed by atoms with van der Waals surface area (Å²) in [6.07, 6.45) is -4.23. The van der Waals surface area contributed by atoms with Crippen molar-refractivity contribution in [3.8, 4) is 0 Å². The van der Waals surface area contributed by atoms with Crippen LogP contribution < -0.4 is 25.4 Å². The van der Waals surface area contributed by atoms with Crippen molar-refractivity contribution in [3.05, 3.63) is 42.5 Å². The third kappa shape index (κ3) is 15.0. The minimum atomic E-state index is -5.62. The topological polar surface area (TPSA) is 126 Å². The van der Waals surface area contributed by atoms with Gasteiger partial charge in [-0.15, -0.1) is 13.2 Å². The third-order valence-corrected chi connectivity index (χ3v) is 6.88. The molecule has 0 unspecified atom stereocenters. The van der Waals surface area contributed by atoms with Crippen LogP contribution in [0.2, 0.25) is 0 Å². The number of rotatable bonds is 13. The molecule has 3 N–H and O–H groups in total. The number of esters is 1. The lowest BCUT2D eigenvalue weighted by molar-refractivity contribution is -0.645. The predicted octanol–water partition coefficient (Wildman–Crippen LogP) is 5.25. The van der Waals surface area contributed by atoms with Gasteiger partial charge in [0.2, 0.25) is 16.9 Å². The number of alkyl halides is 6. The van der Waals surface area contributed by atoms with Crippen molar-refractivity contribution in [2.75, 3.05) is 51.1 Å². The highest BCUT2D eigenvalue weighted by molar-refractivity contribution is 5.91. The average molecular weight is 691 g/mol. The standard InChI is InChI=1S/C28H41N5O.C3F6O2.CO2/c1-31(2)24-14-12-22-19-23-13-15-25(32(3)4)21-27(23)33(26(22)20-24)18-10-5-7-11-28(34)30-17-9-6-8-16-29;4-2(5,6)1(10)11-3(7,8)9;2-1-3/h12-15,19-21H,5-11,16-18,29H2,1-4H3;;/p+1. The Hall–Kier alpha value is -4.43. The molecule has 3 aromatic rings. The summed E-state index contributed by atoms with van der Waals surface area (Å²) < 4.78 is 70.2. The van der Waals surface area contributed by atoms with Crippen molar-refractivity contribution in [1.82, 2.24) is 5.32 Å². The first-order chi connectivity index (χ1) is 22.4. The van der Waals surface area contributed by atoms with Crippen LogP contribution in [0.5, 0.6) is 0 Å². The quantitative estimate of drug-likeness (QED) is 0.0820. The summed E-state index contributed by atoms with van der Waals surface area (Å²) in [7, 11) is 8.33. The van der Waals surface area contributed by atoms with E-state index in [-0.39, 0.29) is 12.1 Å². The normalized spacial score (nSPS) is 11.1. The minimum absolute atomic E-state index is 0.169. The van der Waals surface area contributed by atoms with Crippen LogP contribution >= 0.6 is 0 Å².